The lowest BCUT2D eigenvalue weighted by atomic mass is 10.2. The molecule has 3 heterocycles. The van der Waals surface area contributed by atoms with E-state index in [4.69, 9.17) is 0 Å². The van der Waals surface area contributed by atoms with E-state index in [2.05, 4.69) is 10.3 Å². The molecule has 0 aliphatic carbocycles. The lowest BCUT2D eigenvalue weighted by molar-refractivity contribution is -0.119. The van der Waals surface area contributed by atoms with Crippen LogP contribution in [0.1, 0.15) is 31.2 Å². The Balaban J connectivity index is 1.48. The topological polar surface area (TPSA) is 99.7 Å². The Morgan fingerprint density at radius 2 is 1.74 bits per heavy atom. The van der Waals surface area contributed by atoms with E-state index in [-0.39, 0.29) is 23.3 Å². The smallest absolute Gasteiger partial charge is 0.251 e. The van der Waals surface area contributed by atoms with E-state index in [1.54, 1.807) is 46.9 Å². The first-order chi connectivity index (χ1) is 14.9. The van der Waals surface area contributed by atoms with Crippen molar-refractivity contribution in [1.29, 1.82) is 0 Å². The van der Waals surface area contributed by atoms with E-state index in [0.29, 0.717) is 30.0 Å². The number of nitrogens with zero attached hydrogens (tertiary/aromatic N) is 3. The molecule has 2 aliphatic rings. The number of carbonyl (C=O) groups is 2. The van der Waals surface area contributed by atoms with Gasteiger partial charge in [-0.1, -0.05) is 25.0 Å². The van der Waals surface area contributed by atoms with Crippen molar-refractivity contribution in [3.05, 3.63) is 54.4 Å². The average molecular weight is 441 g/mol. The minimum Gasteiger partial charge on any atom is -0.321 e. The second-order valence-corrected chi connectivity index (χ2v) is 9.52. The van der Waals surface area contributed by atoms with Gasteiger partial charge in [0, 0.05) is 25.4 Å². The highest BCUT2D eigenvalue weighted by atomic mass is 32.2. The summed E-state index contributed by atoms with van der Waals surface area (Å²) >= 11 is 0. The van der Waals surface area contributed by atoms with Gasteiger partial charge in [0.05, 0.1) is 22.5 Å². The van der Waals surface area contributed by atoms with Gasteiger partial charge < -0.3 is 5.32 Å². The summed E-state index contributed by atoms with van der Waals surface area (Å²) in [4.78, 5) is 30.2. The van der Waals surface area contributed by atoms with Crippen molar-refractivity contribution in [3.8, 4) is 0 Å². The second-order valence-electron chi connectivity index (χ2n) is 7.59. The van der Waals surface area contributed by atoms with Crippen molar-refractivity contribution in [2.24, 2.45) is 0 Å². The molecule has 9 heteroatoms. The van der Waals surface area contributed by atoms with E-state index in [0.717, 1.165) is 25.7 Å². The largest absolute Gasteiger partial charge is 0.321 e. The van der Waals surface area contributed by atoms with E-state index in [9.17, 15) is 18.0 Å². The zero-order chi connectivity index (χ0) is 21.8. The Labute approximate surface area is 181 Å². The SMILES string of the molecule is O=C1CN(C(=O)C=Cc2ccc(S(=O)(=O)N3CCCCCC3)cc2)c2ccncc2N1. The summed E-state index contributed by atoms with van der Waals surface area (Å²) in [6.07, 6.45) is 9.93. The molecule has 0 atom stereocenters. The lowest BCUT2D eigenvalue weighted by Gasteiger charge is -2.27. The summed E-state index contributed by atoms with van der Waals surface area (Å²) in [6, 6.07) is 8.16. The lowest BCUT2D eigenvalue weighted by Crippen LogP contribution is -2.41. The summed E-state index contributed by atoms with van der Waals surface area (Å²) in [5, 5.41) is 2.69. The van der Waals surface area contributed by atoms with Gasteiger partial charge in [0.25, 0.3) is 5.91 Å². The molecule has 31 heavy (non-hydrogen) atoms. The van der Waals surface area contributed by atoms with Crippen LogP contribution in [0.25, 0.3) is 6.08 Å². The highest BCUT2D eigenvalue weighted by Crippen LogP contribution is 2.28. The number of aromatic nitrogens is 1. The Kier molecular flexibility index (Phi) is 6.15. The molecular formula is C22H24N4O4S. The van der Waals surface area contributed by atoms with Gasteiger partial charge in [-0.25, -0.2) is 8.42 Å². The standard InChI is InChI=1S/C22H24N4O4S/c27-21-16-26(20-11-12-23-15-19(20)24-21)22(28)10-7-17-5-8-18(9-6-17)31(29,30)25-13-3-1-2-4-14-25/h5-12,15H,1-4,13-14,16H2,(H,24,27). The number of amides is 2. The minimum absolute atomic E-state index is 0.0762. The van der Waals surface area contributed by atoms with Gasteiger partial charge in [0.15, 0.2) is 0 Å². The predicted molar refractivity (Wildman–Crippen MR) is 118 cm³/mol. The zero-order valence-corrected chi connectivity index (χ0v) is 17.8. The molecule has 1 aromatic carbocycles. The number of anilines is 2. The zero-order valence-electron chi connectivity index (χ0n) is 17.0. The van der Waals surface area contributed by atoms with Crippen molar-refractivity contribution in [3.63, 3.8) is 0 Å². The third-order valence-corrected chi connectivity index (χ3v) is 7.34. The maximum atomic E-state index is 12.9. The van der Waals surface area contributed by atoms with Crippen LogP contribution in [-0.4, -0.2) is 49.2 Å². The first kappa shape index (κ1) is 21.2. The van der Waals surface area contributed by atoms with Gasteiger partial charge in [-0.05, 0) is 42.7 Å². The minimum atomic E-state index is -3.51. The van der Waals surface area contributed by atoms with Crippen LogP contribution in [-0.2, 0) is 19.6 Å². The maximum absolute atomic E-state index is 12.9. The molecular weight excluding hydrogens is 416 g/mol. The van der Waals surface area contributed by atoms with Gasteiger partial charge >= 0.3 is 0 Å². The number of sulfonamides is 1. The van der Waals surface area contributed by atoms with Crippen LogP contribution in [0.5, 0.6) is 0 Å². The number of benzene rings is 1. The highest BCUT2D eigenvalue weighted by Gasteiger charge is 2.26. The monoisotopic (exact) mass is 440 g/mol. The molecule has 1 N–H and O–H groups in total. The quantitative estimate of drug-likeness (QED) is 0.737. The molecule has 0 bridgehead atoms. The summed E-state index contributed by atoms with van der Waals surface area (Å²) in [6.45, 7) is 1.03. The second kappa shape index (κ2) is 8.99. The molecule has 1 saturated heterocycles. The van der Waals surface area contributed by atoms with Crippen LogP contribution >= 0.6 is 0 Å². The van der Waals surface area contributed by atoms with Crippen LogP contribution in [0.3, 0.4) is 0 Å². The molecule has 0 saturated carbocycles. The number of nitrogens with one attached hydrogen (secondary N) is 1. The molecule has 2 amide bonds. The summed E-state index contributed by atoms with van der Waals surface area (Å²) in [5.74, 6) is -0.631. The molecule has 1 aromatic heterocycles. The van der Waals surface area contributed by atoms with Crippen LogP contribution in [0.4, 0.5) is 11.4 Å². The predicted octanol–water partition coefficient (Wildman–Crippen LogP) is 2.64. The molecule has 4 rings (SSSR count). The van der Waals surface area contributed by atoms with Crippen molar-refractivity contribution in [1.82, 2.24) is 9.29 Å². The molecule has 1 fully saturated rings. The van der Waals surface area contributed by atoms with Crippen LogP contribution in [0.15, 0.2) is 53.7 Å². The van der Waals surface area contributed by atoms with Gasteiger partial charge in [-0.15, -0.1) is 0 Å². The van der Waals surface area contributed by atoms with Crippen molar-refractivity contribution >= 4 is 39.3 Å². The third kappa shape index (κ3) is 4.67. The number of fused-ring (bicyclic) bond motifs is 1. The number of hydrogen-bond donors (Lipinski definition) is 1. The van der Waals surface area contributed by atoms with E-state index < -0.39 is 10.0 Å². The van der Waals surface area contributed by atoms with Crippen LogP contribution in [0.2, 0.25) is 0 Å². The third-order valence-electron chi connectivity index (χ3n) is 5.43. The van der Waals surface area contributed by atoms with Crippen molar-refractivity contribution in [2.45, 2.75) is 30.6 Å². The first-order valence-electron chi connectivity index (χ1n) is 10.3. The average Bonchev–Trinajstić information content (AvgIpc) is 3.07. The number of hydrogen-bond acceptors (Lipinski definition) is 5. The first-order valence-corrected chi connectivity index (χ1v) is 11.7. The fourth-order valence-electron chi connectivity index (χ4n) is 3.77. The van der Waals surface area contributed by atoms with Crippen LogP contribution < -0.4 is 10.2 Å². The molecule has 2 aliphatic heterocycles. The Morgan fingerprint density at radius 1 is 1.03 bits per heavy atom. The summed E-state index contributed by atoms with van der Waals surface area (Å²) in [7, 11) is -3.51. The van der Waals surface area contributed by atoms with Gasteiger partial charge in [-0.3, -0.25) is 19.5 Å². The number of rotatable bonds is 4. The fraction of sp³-hybridized carbons (Fsp3) is 0.318. The maximum Gasteiger partial charge on any atom is 0.251 e. The molecule has 0 spiro atoms. The van der Waals surface area contributed by atoms with Crippen LogP contribution in [0, 0.1) is 0 Å². The normalized spacial score (nSPS) is 17.8. The molecule has 2 aromatic rings. The summed E-state index contributed by atoms with van der Waals surface area (Å²) in [5.41, 5.74) is 1.77. The Morgan fingerprint density at radius 3 is 2.45 bits per heavy atom. The Hall–Kier alpha value is -3.04. The van der Waals surface area contributed by atoms with Gasteiger partial charge in [0.1, 0.15) is 6.54 Å². The van der Waals surface area contributed by atoms with E-state index in [1.807, 2.05) is 0 Å². The van der Waals surface area contributed by atoms with Crippen molar-refractivity contribution in [2.75, 3.05) is 29.9 Å². The summed E-state index contributed by atoms with van der Waals surface area (Å²) < 4.78 is 27.3. The molecule has 8 nitrogen and oxygen atoms in total. The van der Waals surface area contributed by atoms with Gasteiger partial charge in [0.2, 0.25) is 15.9 Å². The molecule has 0 unspecified atom stereocenters. The van der Waals surface area contributed by atoms with Crippen molar-refractivity contribution < 1.29 is 18.0 Å². The molecule has 0 radical (unpaired) electrons. The fourth-order valence-corrected chi connectivity index (χ4v) is 5.29. The number of carbonyl (C=O) groups excluding carboxylic acids is 2. The van der Waals surface area contributed by atoms with E-state index >= 15 is 0 Å². The van der Waals surface area contributed by atoms with Gasteiger partial charge in [-0.2, -0.15) is 4.31 Å². The molecule has 162 valence electrons. The number of pyridine rings is 1. The van der Waals surface area contributed by atoms with E-state index in [1.165, 1.54) is 17.2 Å². The Bertz CT molecular complexity index is 1100. The highest BCUT2D eigenvalue weighted by molar-refractivity contribution is 7.89.